The highest BCUT2D eigenvalue weighted by Gasteiger charge is 2.12. The molecule has 0 saturated carbocycles. The molecule has 1 unspecified atom stereocenters. The normalized spacial score (nSPS) is 13.2. The van der Waals surface area contributed by atoms with E-state index in [0.29, 0.717) is 6.54 Å². The molecule has 30 heavy (non-hydrogen) atoms. The Morgan fingerprint density at radius 3 is 2.57 bits per heavy atom. The second kappa shape index (κ2) is 9.69. The molecule has 0 spiro atoms. The fourth-order valence-electron chi connectivity index (χ4n) is 3.65. The van der Waals surface area contributed by atoms with Crippen molar-refractivity contribution in [3.63, 3.8) is 0 Å². The number of rotatable bonds is 9. The summed E-state index contributed by atoms with van der Waals surface area (Å²) in [5.74, 6) is -0.831. The zero-order valence-corrected chi connectivity index (χ0v) is 17.6. The van der Waals surface area contributed by atoms with Crippen LogP contribution in [-0.2, 0) is 17.6 Å². The number of aliphatic hydroxyl groups excluding tert-OH is 1. The predicted octanol–water partition coefficient (Wildman–Crippen LogP) is 3.57. The molecule has 0 fully saturated rings. The van der Waals surface area contributed by atoms with Gasteiger partial charge in [0.25, 0.3) is 0 Å². The number of carboxylic acids is 1. The number of hydrogen-bond donors (Lipinski definition) is 4. The summed E-state index contributed by atoms with van der Waals surface area (Å²) >= 11 is 0. The molecule has 0 aliphatic heterocycles. The molecule has 0 amide bonds. The summed E-state index contributed by atoms with van der Waals surface area (Å²) in [6, 6.07) is 13.7. The van der Waals surface area contributed by atoms with E-state index in [1.165, 1.54) is 0 Å². The largest absolute Gasteiger partial charge is 0.481 e. The Labute approximate surface area is 177 Å². The van der Waals surface area contributed by atoms with Gasteiger partial charge in [-0.1, -0.05) is 30.3 Å². The van der Waals surface area contributed by atoms with Gasteiger partial charge in [-0.3, -0.25) is 9.78 Å². The van der Waals surface area contributed by atoms with E-state index in [9.17, 15) is 9.90 Å². The van der Waals surface area contributed by atoms with Crippen molar-refractivity contribution in [3.05, 3.63) is 76.7 Å². The summed E-state index contributed by atoms with van der Waals surface area (Å²) in [4.78, 5) is 18.7. The number of aromatic amines is 1. The highest BCUT2D eigenvalue weighted by molar-refractivity contribution is 5.70. The predicted molar refractivity (Wildman–Crippen MR) is 117 cm³/mol. The highest BCUT2D eigenvalue weighted by atomic mass is 16.4. The van der Waals surface area contributed by atoms with Crippen LogP contribution in [0.2, 0.25) is 0 Å². The van der Waals surface area contributed by atoms with Gasteiger partial charge in [0.2, 0.25) is 0 Å². The number of aromatic nitrogens is 2. The second-order valence-corrected chi connectivity index (χ2v) is 7.89. The van der Waals surface area contributed by atoms with Crippen LogP contribution in [0.5, 0.6) is 0 Å². The van der Waals surface area contributed by atoms with Crippen LogP contribution >= 0.6 is 0 Å². The number of aryl methyl sites for hydroxylation is 2. The molecule has 2 atom stereocenters. The van der Waals surface area contributed by atoms with Crippen molar-refractivity contribution in [2.45, 2.75) is 45.8 Å². The van der Waals surface area contributed by atoms with Crippen LogP contribution in [0, 0.1) is 13.8 Å². The van der Waals surface area contributed by atoms with E-state index in [-0.39, 0.29) is 12.5 Å². The zero-order chi connectivity index (χ0) is 21.7. The van der Waals surface area contributed by atoms with Gasteiger partial charge in [0.15, 0.2) is 0 Å². The maximum absolute atomic E-state index is 10.9. The number of hydrogen-bond acceptors (Lipinski definition) is 4. The number of nitrogens with zero attached hydrogens (tertiary/aromatic N) is 1. The second-order valence-electron chi connectivity index (χ2n) is 7.89. The average Bonchev–Trinajstić information content (AvgIpc) is 3.04. The van der Waals surface area contributed by atoms with Crippen molar-refractivity contribution in [2.75, 3.05) is 6.54 Å². The zero-order valence-electron chi connectivity index (χ0n) is 17.6. The summed E-state index contributed by atoms with van der Waals surface area (Å²) in [5.41, 5.74) is 6.78. The maximum Gasteiger partial charge on any atom is 0.307 e. The number of carboxylic acid groups (broad SMARTS) is 1. The monoisotopic (exact) mass is 407 g/mol. The number of pyridine rings is 1. The van der Waals surface area contributed by atoms with Crippen LogP contribution in [0.1, 0.15) is 41.1 Å². The standard InChI is InChI=1S/C24H29N3O3/c1-15(9-18-5-4-6-19(11-18)12-24(29)30)25-14-23(28)20-7-8-22(26-13-20)21-10-16(2)27-17(21)3/h4-8,10-11,13,15,23,25,27-28H,9,12,14H2,1-3H3,(H,29,30)/t15?,23-/m0/s1. The number of aliphatic hydroxyl groups is 1. The molecule has 0 radical (unpaired) electrons. The fraction of sp³-hybridized carbons (Fsp3) is 0.333. The summed E-state index contributed by atoms with van der Waals surface area (Å²) in [6.45, 7) is 6.51. The minimum Gasteiger partial charge on any atom is -0.481 e. The third-order valence-electron chi connectivity index (χ3n) is 5.14. The first-order valence-corrected chi connectivity index (χ1v) is 10.2. The van der Waals surface area contributed by atoms with Crippen molar-refractivity contribution >= 4 is 5.97 Å². The lowest BCUT2D eigenvalue weighted by atomic mass is 10.0. The molecule has 1 aromatic carbocycles. The van der Waals surface area contributed by atoms with E-state index in [1.54, 1.807) is 6.20 Å². The average molecular weight is 408 g/mol. The first-order valence-electron chi connectivity index (χ1n) is 10.2. The number of aliphatic carboxylic acids is 1. The van der Waals surface area contributed by atoms with Crippen LogP contribution in [-0.4, -0.2) is 38.7 Å². The quantitative estimate of drug-likeness (QED) is 0.435. The van der Waals surface area contributed by atoms with Crippen molar-refractivity contribution in [1.82, 2.24) is 15.3 Å². The number of carbonyl (C=O) groups is 1. The molecule has 0 saturated heterocycles. The van der Waals surface area contributed by atoms with Crippen LogP contribution in [0.3, 0.4) is 0 Å². The molecule has 6 heteroatoms. The topological polar surface area (TPSA) is 98.2 Å². The van der Waals surface area contributed by atoms with E-state index in [0.717, 1.165) is 45.8 Å². The first kappa shape index (κ1) is 21.7. The summed E-state index contributed by atoms with van der Waals surface area (Å²) in [7, 11) is 0. The van der Waals surface area contributed by atoms with Crippen LogP contribution in [0.4, 0.5) is 0 Å². The Kier molecular flexibility index (Phi) is 7.03. The van der Waals surface area contributed by atoms with Gasteiger partial charge in [-0.2, -0.15) is 0 Å². The van der Waals surface area contributed by atoms with Gasteiger partial charge >= 0.3 is 5.97 Å². The van der Waals surface area contributed by atoms with Gasteiger partial charge in [0.1, 0.15) is 0 Å². The third kappa shape index (κ3) is 5.78. The van der Waals surface area contributed by atoms with Gasteiger partial charge in [0.05, 0.1) is 18.2 Å². The Morgan fingerprint density at radius 1 is 1.17 bits per heavy atom. The molecule has 158 valence electrons. The molecule has 6 nitrogen and oxygen atoms in total. The van der Waals surface area contributed by atoms with E-state index in [2.05, 4.69) is 28.3 Å². The summed E-state index contributed by atoms with van der Waals surface area (Å²) in [6.07, 6.45) is 1.85. The summed E-state index contributed by atoms with van der Waals surface area (Å²) in [5, 5.41) is 22.8. The molecule has 0 aliphatic carbocycles. The number of nitrogens with one attached hydrogen (secondary N) is 2. The van der Waals surface area contributed by atoms with Crippen LogP contribution in [0.25, 0.3) is 11.3 Å². The fourth-order valence-corrected chi connectivity index (χ4v) is 3.65. The lowest BCUT2D eigenvalue weighted by molar-refractivity contribution is -0.136. The summed E-state index contributed by atoms with van der Waals surface area (Å²) < 4.78 is 0. The molecular weight excluding hydrogens is 378 g/mol. The molecule has 4 N–H and O–H groups in total. The van der Waals surface area contributed by atoms with E-state index < -0.39 is 12.1 Å². The number of H-pyrrole nitrogens is 1. The van der Waals surface area contributed by atoms with E-state index in [1.807, 2.05) is 50.2 Å². The van der Waals surface area contributed by atoms with E-state index >= 15 is 0 Å². The minimum absolute atomic E-state index is 0.0270. The lowest BCUT2D eigenvalue weighted by Crippen LogP contribution is -2.32. The Balaban J connectivity index is 1.54. The SMILES string of the molecule is Cc1cc(-c2ccc([C@@H](O)CNC(C)Cc3cccc(CC(=O)O)c3)cn2)c(C)[nH]1. The van der Waals surface area contributed by atoms with Crippen molar-refractivity contribution in [1.29, 1.82) is 0 Å². The molecule has 0 bridgehead atoms. The van der Waals surface area contributed by atoms with Crippen molar-refractivity contribution in [3.8, 4) is 11.3 Å². The molecule has 2 heterocycles. The Hall–Kier alpha value is -2.96. The molecular formula is C24H29N3O3. The lowest BCUT2D eigenvalue weighted by Gasteiger charge is -2.18. The highest BCUT2D eigenvalue weighted by Crippen LogP contribution is 2.23. The van der Waals surface area contributed by atoms with E-state index in [4.69, 9.17) is 5.11 Å². The minimum atomic E-state index is -0.831. The van der Waals surface area contributed by atoms with Crippen molar-refractivity contribution in [2.24, 2.45) is 0 Å². The third-order valence-corrected chi connectivity index (χ3v) is 5.14. The van der Waals surface area contributed by atoms with Crippen LogP contribution < -0.4 is 5.32 Å². The van der Waals surface area contributed by atoms with Gasteiger partial charge in [-0.25, -0.2) is 0 Å². The molecule has 3 rings (SSSR count). The van der Waals surface area contributed by atoms with Gasteiger partial charge in [0, 0.05) is 41.3 Å². The van der Waals surface area contributed by atoms with Gasteiger partial charge in [-0.05, 0) is 50.5 Å². The van der Waals surface area contributed by atoms with Gasteiger partial charge < -0.3 is 20.5 Å². The molecule has 2 aromatic heterocycles. The number of benzene rings is 1. The molecule has 0 aliphatic rings. The van der Waals surface area contributed by atoms with Crippen molar-refractivity contribution < 1.29 is 15.0 Å². The van der Waals surface area contributed by atoms with Gasteiger partial charge in [-0.15, -0.1) is 0 Å². The first-order chi connectivity index (χ1) is 14.3. The Bertz CT molecular complexity index is 995. The molecule has 3 aromatic rings. The smallest absolute Gasteiger partial charge is 0.307 e. The van der Waals surface area contributed by atoms with Crippen LogP contribution in [0.15, 0.2) is 48.7 Å². The maximum atomic E-state index is 10.9. The Morgan fingerprint density at radius 2 is 1.93 bits per heavy atom.